The van der Waals surface area contributed by atoms with Crippen molar-refractivity contribution in [3.8, 4) is 6.07 Å². The van der Waals surface area contributed by atoms with Gasteiger partial charge in [0.25, 0.3) is 0 Å². The van der Waals surface area contributed by atoms with E-state index >= 15 is 0 Å². The van der Waals surface area contributed by atoms with Gasteiger partial charge < -0.3 is 4.90 Å². The van der Waals surface area contributed by atoms with Crippen molar-refractivity contribution in [1.82, 2.24) is 10.2 Å². The number of hydrogen-bond donors (Lipinski definition) is 0. The Balaban J connectivity index is 2.28. The van der Waals surface area contributed by atoms with E-state index in [2.05, 4.69) is 23.2 Å². The number of anilines is 1. The molecule has 0 aliphatic rings. The van der Waals surface area contributed by atoms with E-state index in [1.165, 1.54) is 23.1 Å². The Morgan fingerprint density at radius 1 is 1.30 bits per heavy atom. The molecule has 1 aromatic carbocycles. The molecule has 1 aromatic heterocycles. The minimum Gasteiger partial charge on any atom is -0.353 e. The molecule has 104 valence electrons. The molecule has 0 saturated carbocycles. The predicted octanol–water partition coefficient (Wildman–Crippen LogP) is 3.74. The molecule has 0 unspecified atom stereocenters. The average Bonchev–Trinajstić information content (AvgIpc) is 2.88. The minimum absolute atomic E-state index is 0.728. The highest BCUT2D eigenvalue weighted by atomic mass is 32.2. The summed E-state index contributed by atoms with van der Waals surface area (Å²) >= 11 is 4.71. The zero-order chi connectivity index (χ0) is 14.5. The molecule has 20 heavy (non-hydrogen) atoms. The molecule has 2 aromatic rings. The van der Waals surface area contributed by atoms with E-state index < -0.39 is 0 Å². The van der Waals surface area contributed by atoms with Gasteiger partial charge >= 0.3 is 0 Å². The molecule has 7 heteroatoms. The highest BCUT2D eigenvalue weighted by Gasteiger charge is 2.13. The first-order valence-corrected chi connectivity index (χ1v) is 8.62. The quantitative estimate of drug-likeness (QED) is 0.782. The second-order valence-corrected chi connectivity index (χ2v) is 7.57. The van der Waals surface area contributed by atoms with Crippen molar-refractivity contribution in [2.75, 3.05) is 24.7 Å². The summed E-state index contributed by atoms with van der Waals surface area (Å²) in [6, 6.07) is 8.23. The molecule has 1 heterocycles. The molecular weight excluding hydrogens is 308 g/mol. The summed E-state index contributed by atoms with van der Waals surface area (Å²) in [7, 11) is 3.88. The molecule has 0 bridgehead atoms. The molecular formula is C13H14N4S3. The first kappa shape index (κ1) is 15.2. The Kier molecular flexibility index (Phi) is 5.29. The molecule has 0 amide bonds. The summed E-state index contributed by atoms with van der Waals surface area (Å²) in [5.41, 5.74) is 0.728. The summed E-state index contributed by atoms with van der Waals surface area (Å²) in [5, 5.41) is 18.5. The van der Waals surface area contributed by atoms with Crippen LogP contribution in [-0.2, 0) is 0 Å². The van der Waals surface area contributed by atoms with Crippen molar-refractivity contribution in [2.45, 2.75) is 21.1 Å². The highest BCUT2D eigenvalue weighted by Crippen LogP contribution is 2.37. The first-order valence-electron chi connectivity index (χ1n) is 6.00. The minimum atomic E-state index is 0.728. The third-order valence-electron chi connectivity index (χ3n) is 2.38. The fraction of sp³-hybridized carbons (Fsp3) is 0.308. The lowest BCUT2D eigenvalue weighted by atomic mass is 10.2. The molecule has 0 aliphatic heterocycles. The molecule has 0 fully saturated rings. The maximum absolute atomic E-state index is 9.38. The smallest absolute Gasteiger partial charge is 0.208 e. The van der Waals surface area contributed by atoms with Crippen LogP contribution in [0.1, 0.15) is 12.5 Å². The van der Waals surface area contributed by atoms with Crippen molar-refractivity contribution in [2.24, 2.45) is 0 Å². The molecule has 0 spiro atoms. The number of rotatable bonds is 5. The fourth-order valence-corrected chi connectivity index (χ4v) is 4.19. The van der Waals surface area contributed by atoms with Crippen molar-refractivity contribution < 1.29 is 0 Å². The fourth-order valence-electron chi connectivity index (χ4n) is 1.50. The third kappa shape index (κ3) is 3.45. The zero-order valence-electron chi connectivity index (χ0n) is 11.5. The van der Waals surface area contributed by atoms with E-state index in [9.17, 15) is 5.26 Å². The normalized spacial score (nSPS) is 10.3. The van der Waals surface area contributed by atoms with E-state index in [0.29, 0.717) is 0 Å². The Labute approximate surface area is 131 Å². The van der Waals surface area contributed by atoms with Crippen molar-refractivity contribution in [1.29, 1.82) is 5.26 Å². The van der Waals surface area contributed by atoms with Gasteiger partial charge in [-0.1, -0.05) is 36.1 Å². The van der Waals surface area contributed by atoms with E-state index in [1.54, 1.807) is 11.8 Å². The van der Waals surface area contributed by atoms with Crippen LogP contribution in [0.25, 0.3) is 0 Å². The van der Waals surface area contributed by atoms with Gasteiger partial charge in [0.05, 0.1) is 5.56 Å². The summed E-state index contributed by atoms with van der Waals surface area (Å²) in [4.78, 5) is 3.89. The van der Waals surface area contributed by atoms with E-state index in [4.69, 9.17) is 0 Å². The van der Waals surface area contributed by atoms with Crippen LogP contribution in [0.2, 0.25) is 0 Å². The maximum atomic E-state index is 9.38. The number of benzene rings is 1. The largest absolute Gasteiger partial charge is 0.353 e. The maximum Gasteiger partial charge on any atom is 0.208 e. The van der Waals surface area contributed by atoms with Gasteiger partial charge in [-0.15, -0.1) is 22.0 Å². The third-order valence-corrected chi connectivity index (χ3v) is 5.52. The predicted molar refractivity (Wildman–Crippen MR) is 85.9 cm³/mol. The summed E-state index contributed by atoms with van der Waals surface area (Å²) < 4.78 is 0.851. The van der Waals surface area contributed by atoms with Gasteiger partial charge in [-0.05, 0) is 17.9 Å². The molecule has 4 nitrogen and oxygen atoms in total. The van der Waals surface area contributed by atoms with Crippen LogP contribution >= 0.6 is 34.9 Å². The molecule has 2 rings (SSSR count). The summed E-state index contributed by atoms with van der Waals surface area (Å²) in [5.74, 6) is 0.951. The van der Waals surface area contributed by atoms with Crippen LogP contribution in [0.4, 0.5) is 5.13 Å². The van der Waals surface area contributed by atoms with E-state index in [0.717, 1.165) is 30.6 Å². The molecule has 0 N–H and O–H groups in total. The van der Waals surface area contributed by atoms with Crippen LogP contribution in [0.3, 0.4) is 0 Å². The van der Waals surface area contributed by atoms with Gasteiger partial charge in [0, 0.05) is 23.9 Å². The summed E-state index contributed by atoms with van der Waals surface area (Å²) in [6.07, 6.45) is 0. The van der Waals surface area contributed by atoms with Crippen LogP contribution < -0.4 is 4.90 Å². The second-order valence-electron chi connectivity index (χ2n) is 4.02. The van der Waals surface area contributed by atoms with Crippen molar-refractivity contribution in [3.63, 3.8) is 0 Å². The number of aromatic nitrogens is 2. The molecule has 0 atom stereocenters. The number of thioether (sulfide) groups is 1. The second kappa shape index (κ2) is 6.97. The van der Waals surface area contributed by atoms with Crippen LogP contribution in [0.5, 0.6) is 0 Å². The van der Waals surface area contributed by atoms with Gasteiger partial charge in [-0.25, -0.2) is 0 Å². The molecule has 0 radical (unpaired) electrons. The highest BCUT2D eigenvalue weighted by molar-refractivity contribution is 8.01. The lowest BCUT2D eigenvalue weighted by molar-refractivity contribution is 0.972. The number of nitriles is 1. The molecule has 0 aliphatic carbocycles. The number of hydrogen-bond acceptors (Lipinski definition) is 7. The summed E-state index contributed by atoms with van der Waals surface area (Å²) in [6.45, 7) is 2.08. The monoisotopic (exact) mass is 322 g/mol. The Morgan fingerprint density at radius 2 is 2.05 bits per heavy atom. The van der Waals surface area contributed by atoms with Gasteiger partial charge in [0.1, 0.15) is 6.07 Å². The Morgan fingerprint density at radius 3 is 2.65 bits per heavy atom. The molecule has 0 saturated heterocycles. The number of nitrogens with zero attached hydrogens (tertiary/aromatic N) is 4. The van der Waals surface area contributed by atoms with Crippen LogP contribution in [-0.4, -0.2) is 30.0 Å². The first-order chi connectivity index (χ1) is 9.65. The van der Waals surface area contributed by atoms with E-state index in [1.807, 2.05) is 37.2 Å². The lowest BCUT2D eigenvalue weighted by Gasteiger charge is -2.06. The van der Waals surface area contributed by atoms with Crippen LogP contribution in [0.15, 0.2) is 32.3 Å². The Hall–Kier alpha value is -1.23. The SMILES string of the molecule is CCSc1cccc(Sc2nnc(N(C)C)s2)c1C#N. The Bertz CT molecular complexity index is 631. The standard InChI is InChI=1S/C13H14N4S3/c1-4-18-10-6-5-7-11(9(10)8-14)19-13-16-15-12(20-13)17(2)3/h5-7H,4H2,1-3H3. The lowest BCUT2D eigenvalue weighted by Crippen LogP contribution is -2.07. The van der Waals surface area contributed by atoms with Crippen molar-refractivity contribution >= 4 is 40.0 Å². The van der Waals surface area contributed by atoms with E-state index in [-0.39, 0.29) is 0 Å². The van der Waals surface area contributed by atoms with Gasteiger partial charge in [-0.2, -0.15) is 5.26 Å². The van der Waals surface area contributed by atoms with Crippen molar-refractivity contribution in [3.05, 3.63) is 23.8 Å². The topological polar surface area (TPSA) is 52.8 Å². The average molecular weight is 322 g/mol. The van der Waals surface area contributed by atoms with Gasteiger partial charge in [0.15, 0.2) is 4.34 Å². The van der Waals surface area contributed by atoms with Gasteiger partial charge in [-0.3, -0.25) is 0 Å². The van der Waals surface area contributed by atoms with Gasteiger partial charge in [0.2, 0.25) is 5.13 Å². The zero-order valence-corrected chi connectivity index (χ0v) is 13.9. The van der Waals surface area contributed by atoms with Crippen LogP contribution in [0, 0.1) is 11.3 Å².